The first-order valence-corrected chi connectivity index (χ1v) is 6.74. The molecule has 5 heteroatoms. The molecular weight excluding hydrogens is 278 g/mol. The monoisotopic (exact) mass is 293 g/mol. The number of hydrogen-bond acceptors (Lipinski definition) is 3. The normalized spacial score (nSPS) is 13.3. The lowest BCUT2D eigenvalue weighted by atomic mass is 10.2. The molecule has 0 aliphatic carbocycles. The second-order valence-electron chi connectivity index (χ2n) is 4.22. The average molecular weight is 294 g/mol. The van der Waals surface area contributed by atoms with E-state index in [1.54, 1.807) is 18.2 Å². The zero-order valence-electron chi connectivity index (χ0n) is 11.2. The Morgan fingerprint density at radius 2 is 2.30 bits per heavy atom. The molecule has 0 atom stereocenters. The van der Waals surface area contributed by atoms with Crippen LogP contribution in [0.2, 0.25) is 5.02 Å². The van der Waals surface area contributed by atoms with Gasteiger partial charge in [-0.15, -0.1) is 0 Å². The first kappa shape index (κ1) is 14.5. The predicted octanol–water partition coefficient (Wildman–Crippen LogP) is 3.16. The van der Waals surface area contributed by atoms with Crippen LogP contribution in [-0.2, 0) is 4.79 Å². The van der Waals surface area contributed by atoms with Crippen LogP contribution in [0.15, 0.2) is 30.4 Å². The highest BCUT2D eigenvalue weighted by Crippen LogP contribution is 2.39. The zero-order valence-corrected chi connectivity index (χ0v) is 11.9. The molecule has 0 aromatic heterocycles. The summed E-state index contributed by atoms with van der Waals surface area (Å²) in [6.45, 7) is 2.74. The summed E-state index contributed by atoms with van der Waals surface area (Å²) in [6, 6.07) is 3.52. The Balaban J connectivity index is 1.94. The highest BCUT2D eigenvalue weighted by Gasteiger charge is 2.17. The molecule has 1 aliphatic heterocycles. The maximum atomic E-state index is 11.6. The van der Waals surface area contributed by atoms with Crippen LogP contribution in [0.25, 0.3) is 6.08 Å². The van der Waals surface area contributed by atoms with Crippen LogP contribution in [0.3, 0.4) is 0 Å². The summed E-state index contributed by atoms with van der Waals surface area (Å²) in [5, 5.41) is 3.27. The van der Waals surface area contributed by atoms with Crippen molar-refractivity contribution in [3.63, 3.8) is 0 Å². The lowest BCUT2D eigenvalue weighted by Crippen LogP contribution is -2.21. The van der Waals surface area contributed by atoms with E-state index in [2.05, 4.69) is 5.32 Å². The van der Waals surface area contributed by atoms with Crippen molar-refractivity contribution in [3.8, 4) is 11.5 Å². The fraction of sp³-hybridized carbons (Fsp3) is 0.267. The molecule has 1 N–H and O–H groups in total. The van der Waals surface area contributed by atoms with Crippen molar-refractivity contribution in [1.29, 1.82) is 0 Å². The van der Waals surface area contributed by atoms with E-state index in [0.29, 0.717) is 23.1 Å². The third kappa shape index (κ3) is 3.78. The summed E-state index contributed by atoms with van der Waals surface area (Å²) in [5.74, 6) is 1.02. The van der Waals surface area contributed by atoms with Gasteiger partial charge >= 0.3 is 0 Å². The Hall–Kier alpha value is -1.94. The summed E-state index contributed by atoms with van der Waals surface area (Å²) in [4.78, 5) is 11.6. The number of allylic oxidation sites excluding steroid dienone is 1. The number of rotatable bonds is 5. The molecule has 1 aliphatic rings. The molecule has 0 fully saturated rings. The quantitative estimate of drug-likeness (QED) is 0.515. The molecule has 0 radical (unpaired) electrons. The van der Waals surface area contributed by atoms with Gasteiger partial charge in [0.1, 0.15) is 0 Å². The van der Waals surface area contributed by atoms with Crippen molar-refractivity contribution in [2.75, 3.05) is 13.3 Å². The van der Waals surface area contributed by atoms with E-state index in [0.717, 1.165) is 12.0 Å². The highest BCUT2D eigenvalue weighted by molar-refractivity contribution is 6.32. The van der Waals surface area contributed by atoms with Crippen LogP contribution in [0.4, 0.5) is 0 Å². The van der Waals surface area contributed by atoms with Crippen LogP contribution in [-0.4, -0.2) is 19.2 Å². The molecular formula is C15H16ClNO3. The second-order valence-corrected chi connectivity index (χ2v) is 4.63. The lowest BCUT2D eigenvalue weighted by Gasteiger charge is -2.01. The van der Waals surface area contributed by atoms with Gasteiger partial charge in [-0.05, 0) is 37.1 Å². The van der Waals surface area contributed by atoms with Crippen LogP contribution in [0, 0.1) is 0 Å². The van der Waals surface area contributed by atoms with Gasteiger partial charge in [0.25, 0.3) is 0 Å². The summed E-state index contributed by atoms with van der Waals surface area (Å²) in [6.07, 6.45) is 7.95. The maximum absolute atomic E-state index is 11.6. The molecule has 4 nitrogen and oxygen atoms in total. The van der Waals surface area contributed by atoms with Gasteiger partial charge in [-0.1, -0.05) is 23.8 Å². The van der Waals surface area contributed by atoms with Gasteiger partial charge in [-0.25, -0.2) is 0 Å². The number of carbonyl (C=O) groups is 1. The first-order valence-electron chi connectivity index (χ1n) is 6.37. The van der Waals surface area contributed by atoms with E-state index in [-0.39, 0.29) is 12.7 Å². The number of benzene rings is 1. The zero-order chi connectivity index (χ0) is 14.4. The van der Waals surface area contributed by atoms with Gasteiger partial charge in [0, 0.05) is 12.6 Å². The molecule has 1 amide bonds. The molecule has 0 saturated carbocycles. The van der Waals surface area contributed by atoms with E-state index < -0.39 is 0 Å². The fourth-order valence-corrected chi connectivity index (χ4v) is 2.03. The second kappa shape index (κ2) is 7.01. The fourth-order valence-electron chi connectivity index (χ4n) is 1.76. The van der Waals surface area contributed by atoms with Crippen molar-refractivity contribution in [2.45, 2.75) is 13.3 Å². The van der Waals surface area contributed by atoms with Crippen molar-refractivity contribution in [1.82, 2.24) is 5.32 Å². The van der Waals surface area contributed by atoms with Crippen molar-refractivity contribution >= 4 is 23.6 Å². The minimum Gasteiger partial charge on any atom is -0.454 e. The number of halogens is 1. The topological polar surface area (TPSA) is 47.6 Å². The Morgan fingerprint density at radius 3 is 3.10 bits per heavy atom. The van der Waals surface area contributed by atoms with Gasteiger partial charge in [0.05, 0.1) is 5.02 Å². The molecule has 0 saturated heterocycles. The predicted molar refractivity (Wildman–Crippen MR) is 79.0 cm³/mol. The maximum Gasteiger partial charge on any atom is 0.244 e. The Morgan fingerprint density at radius 1 is 1.45 bits per heavy atom. The average Bonchev–Trinajstić information content (AvgIpc) is 2.90. The molecule has 0 spiro atoms. The van der Waals surface area contributed by atoms with Crippen LogP contribution >= 0.6 is 11.6 Å². The van der Waals surface area contributed by atoms with Gasteiger partial charge < -0.3 is 14.8 Å². The minimum atomic E-state index is -0.136. The van der Waals surface area contributed by atoms with Crippen molar-refractivity contribution in [3.05, 3.63) is 40.9 Å². The summed E-state index contributed by atoms with van der Waals surface area (Å²) in [7, 11) is 0. The Labute approximate surface area is 123 Å². The summed E-state index contributed by atoms with van der Waals surface area (Å²) in [5.41, 5.74) is 0.794. The third-order valence-corrected chi connectivity index (χ3v) is 3.00. The van der Waals surface area contributed by atoms with E-state index in [9.17, 15) is 4.79 Å². The van der Waals surface area contributed by atoms with E-state index in [1.807, 2.05) is 19.1 Å². The molecule has 2 rings (SSSR count). The Kier molecular flexibility index (Phi) is 5.07. The molecule has 1 heterocycles. The highest BCUT2D eigenvalue weighted by atomic mass is 35.5. The number of amides is 1. The van der Waals surface area contributed by atoms with Crippen LogP contribution < -0.4 is 14.8 Å². The molecule has 0 unspecified atom stereocenters. The van der Waals surface area contributed by atoms with Crippen LogP contribution in [0.1, 0.15) is 18.9 Å². The van der Waals surface area contributed by atoms with E-state index >= 15 is 0 Å². The smallest absolute Gasteiger partial charge is 0.244 e. The largest absolute Gasteiger partial charge is 0.454 e. The Bertz CT molecular complexity index is 552. The van der Waals surface area contributed by atoms with E-state index in [4.69, 9.17) is 21.1 Å². The third-order valence-electron chi connectivity index (χ3n) is 2.72. The van der Waals surface area contributed by atoms with Gasteiger partial charge in [0.2, 0.25) is 12.7 Å². The molecule has 20 heavy (non-hydrogen) atoms. The minimum absolute atomic E-state index is 0.136. The van der Waals surface area contributed by atoms with Crippen molar-refractivity contribution in [2.24, 2.45) is 0 Å². The van der Waals surface area contributed by atoms with Gasteiger partial charge in [0.15, 0.2) is 11.5 Å². The number of fused-ring (bicyclic) bond motifs is 1. The lowest BCUT2D eigenvalue weighted by molar-refractivity contribution is -0.116. The van der Waals surface area contributed by atoms with Gasteiger partial charge in [-0.2, -0.15) is 0 Å². The number of hydrogen-bond donors (Lipinski definition) is 1. The van der Waals surface area contributed by atoms with Crippen LogP contribution in [0.5, 0.6) is 11.5 Å². The molecule has 106 valence electrons. The SMILES string of the molecule is C/C=C/CCNC(=O)/C=C/c1cc(Cl)c2c(c1)OCO2. The number of carbonyl (C=O) groups excluding carboxylic acids is 1. The van der Waals surface area contributed by atoms with E-state index in [1.165, 1.54) is 6.08 Å². The van der Waals surface area contributed by atoms with Gasteiger partial charge in [-0.3, -0.25) is 4.79 Å². The number of nitrogens with one attached hydrogen (secondary N) is 1. The molecule has 1 aromatic rings. The summed E-state index contributed by atoms with van der Waals surface area (Å²) >= 11 is 6.06. The standard InChI is InChI=1S/C15H16ClNO3/c1-2-3-4-7-17-14(18)6-5-11-8-12(16)15-13(9-11)19-10-20-15/h2-3,5-6,8-9H,4,7,10H2,1H3,(H,17,18)/b3-2+,6-5+. The van der Waals surface area contributed by atoms with Crippen molar-refractivity contribution < 1.29 is 14.3 Å². The summed E-state index contributed by atoms with van der Waals surface area (Å²) < 4.78 is 10.5. The molecule has 0 bridgehead atoms. The molecule has 1 aromatic carbocycles. The number of ether oxygens (including phenoxy) is 2. The first-order chi connectivity index (χ1) is 9.70.